The summed E-state index contributed by atoms with van der Waals surface area (Å²) >= 11 is 0. The molecule has 5 rings (SSSR count). The molecule has 0 radical (unpaired) electrons. The van der Waals surface area contributed by atoms with E-state index in [2.05, 4.69) is 17.0 Å². The number of nitrogens with zero attached hydrogens (tertiary/aromatic N) is 3. The molecule has 0 N–H and O–H groups in total. The molecule has 0 unspecified atom stereocenters. The van der Waals surface area contributed by atoms with Crippen LogP contribution in [-0.2, 0) is 19.5 Å². The van der Waals surface area contributed by atoms with Gasteiger partial charge in [-0.2, -0.15) is 0 Å². The molecule has 1 aromatic heterocycles. The minimum Gasteiger partial charge on any atom is -0.493 e. The minimum absolute atomic E-state index is 0.0919. The molecule has 0 saturated heterocycles. The number of aromatic nitrogens is 2. The molecule has 0 fully saturated rings. The van der Waals surface area contributed by atoms with Crippen LogP contribution in [-0.4, -0.2) is 41.3 Å². The second-order valence-corrected chi connectivity index (χ2v) is 8.94. The first-order valence-corrected chi connectivity index (χ1v) is 12.0. The van der Waals surface area contributed by atoms with E-state index in [4.69, 9.17) is 9.47 Å². The molecular formula is C28H30FN3O3. The second kappa shape index (κ2) is 9.96. The Morgan fingerprint density at radius 1 is 0.857 bits per heavy atom. The molecule has 7 heteroatoms. The lowest BCUT2D eigenvalue weighted by molar-refractivity contribution is 0.246. The van der Waals surface area contributed by atoms with E-state index >= 15 is 0 Å². The van der Waals surface area contributed by atoms with Gasteiger partial charge in [-0.05, 0) is 85.5 Å². The van der Waals surface area contributed by atoms with E-state index in [0.29, 0.717) is 12.2 Å². The van der Waals surface area contributed by atoms with Crippen molar-refractivity contribution in [3.63, 3.8) is 0 Å². The fraction of sp³-hybridized carbons (Fsp3) is 0.321. The van der Waals surface area contributed by atoms with Gasteiger partial charge >= 0.3 is 5.69 Å². The van der Waals surface area contributed by atoms with E-state index in [9.17, 15) is 9.18 Å². The second-order valence-electron chi connectivity index (χ2n) is 8.94. The Kier molecular flexibility index (Phi) is 6.59. The fourth-order valence-electron chi connectivity index (χ4n) is 5.00. The molecule has 0 atom stereocenters. The van der Waals surface area contributed by atoms with Crippen molar-refractivity contribution in [2.24, 2.45) is 0 Å². The zero-order valence-electron chi connectivity index (χ0n) is 20.2. The summed E-state index contributed by atoms with van der Waals surface area (Å²) < 4.78 is 27.8. The van der Waals surface area contributed by atoms with Gasteiger partial charge in [-0.15, -0.1) is 0 Å². The van der Waals surface area contributed by atoms with Crippen LogP contribution < -0.4 is 15.2 Å². The number of benzene rings is 3. The van der Waals surface area contributed by atoms with Gasteiger partial charge in [0.2, 0.25) is 0 Å². The smallest absolute Gasteiger partial charge is 0.333 e. The molecule has 6 nitrogen and oxygen atoms in total. The van der Waals surface area contributed by atoms with E-state index in [0.717, 1.165) is 61.4 Å². The molecule has 182 valence electrons. The topological polar surface area (TPSA) is 48.6 Å². The summed E-state index contributed by atoms with van der Waals surface area (Å²) in [5.74, 6) is 1.23. The predicted molar refractivity (Wildman–Crippen MR) is 135 cm³/mol. The zero-order valence-corrected chi connectivity index (χ0v) is 20.2. The highest BCUT2D eigenvalue weighted by atomic mass is 19.1. The average molecular weight is 476 g/mol. The van der Waals surface area contributed by atoms with Gasteiger partial charge in [0.05, 0.1) is 30.9 Å². The van der Waals surface area contributed by atoms with Crippen molar-refractivity contribution in [1.29, 1.82) is 0 Å². The van der Waals surface area contributed by atoms with Crippen LogP contribution >= 0.6 is 0 Å². The van der Waals surface area contributed by atoms with Crippen molar-refractivity contribution >= 4 is 11.0 Å². The summed E-state index contributed by atoms with van der Waals surface area (Å²) in [6.07, 6.45) is 2.87. The highest BCUT2D eigenvalue weighted by Crippen LogP contribution is 2.33. The van der Waals surface area contributed by atoms with Gasteiger partial charge < -0.3 is 9.47 Å². The van der Waals surface area contributed by atoms with Gasteiger partial charge in [0, 0.05) is 19.6 Å². The predicted octanol–water partition coefficient (Wildman–Crippen LogP) is 4.79. The Hall–Kier alpha value is -3.58. The molecule has 0 saturated carbocycles. The van der Waals surface area contributed by atoms with E-state index in [1.165, 1.54) is 23.3 Å². The maximum atomic E-state index is 13.4. The van der Waals surface area contributed by atoms with Crippen molar-refractivity contribution in [2.75, 3.05) is 27.3 Å². The first-order chi connectivity index (χ1) is 17.1. The van der Waals surface area contributed by atoms with Crippen LogP contribution in [0.4, 0.5) is 4.39 Å². The van der Waals surface area contributed by atoms with Crippen LogP contribution in [0.3, 0.4) is 0 Å². The van der Waals surface area contributed by atoms with Gasteiger partial charge in [-0.1, -0.05) is 12.1 Å². The molecule has 0 amide bonds. The van der Waals surface area contributed by atoms with Crippen LogP contribution in [0.2, 0.25) is 0 Å². The highest BCUT2D eigenvalue weighted by Gasteiger charge is 2.19. The largest absolute Gasteiger partial charge is 0.493 e. The fourth-order valence-corrected chi connectivity index (χ4v) is 5.00. The molecular weight excluding hydrogens is 445 g/mol. The Morgan fingerprint density at radius 3 is 2.23 bits per heavy atom. The molecule has 0 spiro atoms. The normalized spacial score (nSPS) is 13.7. The van der Waals surface area contributed by atoms with Gasteiger partial charge in [0.25, 0.3) is 0 Å². The van der Waals surface area contributed by atoms with Crippen molar-refractivity contribution in [3.05, 3.63) is 88.1 Å². The summed E-state index contributed by atoms with van der Waals surface area (Å²) in [6.45, 7) is 3.51. The Balaban J connectivity index is 1.26. The number of aryl methyl sites for hydroxylation is 1. The molecule has 1 aliphatic heterocycles. The first-order valence-electron chi connectivity index (χ1n) is 12.0. The maximum Gasteiger partial charge on any atom is 0.333 e. The Labute approximate surface area is 204 Å². The highest BCUT2D eigenvalue weighted by molar-refractivity contribution is 5.78. The number of para-hydroxylation sites is 2. The monoisotopic (exact) mass is 475 g/mol. The summed E-state index contributed by atoms with van der Waals surface area (Å²) in [4.78, 5) is 15.8. The van der Waals surface area contributed by atoms with Crippen molar-refractivity contribution in [3.8, 4) is 17.2 Å². The Bertz CT molecular complexity index is 1390. The van der Waals surface area contributed by atoms with Crippen LogP contribution in [0.15, 0.2) is 65.5 Å². The zero-order chi connectivity index (χ0) is 24.4. The van der Waals surface area contributed by atoms with Crippen molar-refractivity contribution < 1.29 is 13.9 Å². The number of rotatable bonds is 8. The summed E-state index contributed by atoms with van der Waals surface area (Å²) in [6, 6.07) is 18.0. The van der Waals surface area contributed by atoms with E-state index in [-0.39, 0.29) is 11.5 Å². The average Bonchev–Trinajstić information content (AvgIpc) is 3.17. The van der Waals surface area contributed by atoms with Gasteiger partial charge in [0.15, 0.2) is 11.5 Å². The quantitative estimate of drug-likeness (QED) is 0.344. The van der Waals surface area contributed by atoms with Crippen molar-refractivity contribution in [1.82, 2.24) is 14.0 Å². The lowest BCUT2D eigenvalue weighted by atomic mass is 9.98. The third-order valence-corrected chi connectivity index (χ3v) is 6.82. The Morgan fingerprint density at radius 2 is 1.51 bits per heavy atom. The number of imidazole rings is 1. The lowest BCUT2D eigenvalue weighted by Gasteiger charge is -2.29. The SMILES string of the molecule is COc1cc2c(cc1OC)CN(CCCCn1c(=O)n(-c3ccc(F)cc3)c3ccccc31)CC2. The number of hydrogen-bond acceptors (Lipinski definition) is 4. The standard InChI is InChI=1S/C28H30FN3O3/c1-34-26-17-20-13-16-30(19-21(20)18-27(26)35-2)14-5-6-15-31-24-7-3-4-8-25(24)32(28(31)33)23-11-9-22(29)10-12-23/h3-4,7-12,17-18H,5-6,13-16,19H2,1-2H3. The van der Waals surface area contributed by atoms with Crippen LogP contribution in [0.5, 0.6) is 11.5 Å². The number of halogens is 1. The molecule has 4 aromatic rings. The molecule has 3 aromatic carbocycles. The number of methoxy groups -OCH3 is 2. The molecule has 0 aliphatic carbocycles. The molecule has 35 heavy (non-hydrogen) atoms. The molecule has 1 aliphatic rings. The number of hydrogen-bond donors (Lipinski definition) is 0. The maximum absolute atomic E-state index is 13.4. The number of ether oxygens (including phenoxy) is 2. The van der Waals surface area contributed by atoms with Gasteiger partial charge in [-0.25, -0.2) is 9.18 Å². The number of unbranched alkanes of at least 4 members (excludes halogenated alkanes) is 1. The third-order valence-electron chi connectivity index (χ3n) is 6.82. The van der Waals surface area contributed by atoms with Crippen molar-refractivity contribution in [2.45, 2.75) is 32.4 Å². The number of fused-ring (bicyclic) bond motifs is 2. The van der Waals surface area contributed by atoms with Crippen LogP contribution in [0, 0.1) is 5.82 Å². The lowest BCUT2D eigenvalue weighted by Crippen LogP contribution is -2.31. The first kappa shape index (κ1) is 23.2. The summed E-state index contributed by atoms with van der Waals surface area (Å²) in [5.41, 5.74) is 4.92. The van der Waals surface area contributed by atoms with Gasteiger partial charge in [-0.3, -0.25) is 14.0 Å². The molecule has 0 bridgehead atoms. The summed E-state index contributed by atoms with van der Waals surface area (Å²) in [7, 11) is 3.33. The van der Waals surface area contributed by atoms with E-state index in [1.54, 1.807) is 30.9 Å². The van der Waals surface area contributed by atoms with E-state index in [1.807, 2.05) is 28.8 Å². The van der Waals surface area contributed by atoms with E-state index < -0.39 is 0 Å². The van der Waals surface area contributed by atoms with Crippen LogP contribution in [0.1, 0.15) is 24.0 Å². The van der Waals surface area contributed by atoms with Crippen LogP contribution in [0.25, 0.3) is 16.7 Å². The van der Waals surface area contributed by atoms with Gasteiger partial charge in [0.1, 0.15) is 5.82 Å². The summed E-state index contributed by atoms with van der Waals surface area (Å²) in [5, 5.41) is 0. The minimum atomic E-state index is -0.316. The molecule has 2 heterocycles. The third kappa shape index (κ3) is 4.56.